The Hall–Kier alpha value is -3.33. The van der Waals surface area contributed by atoms with Gasteiger partial charge in [-0.05, 0) is 42.5 Å². The number of piperazine rings is 1. The Morgan fingerprint density at radius 2 is 1.63 bits per heavy atom. The summed E-state index contributed by atoms with van der Waals surface area (Å²) in [6.07, 6.45) is 5.20. The van der Waals surface area contributed by atoms with Crippen LogP contribution in [0.1, 0.15) is 21.7 Å². The number of hydrogen-bond donors (Lipinski definition) is 3. The summed E-state index contributed by atoms with van der Waals surface area (Å²) in [7, 11) is 0. The van der Waals surface area contributed by atoms with E-state index in [-0.39, 0.29) is 5.91 Å². The molecule has 1 aromatic carbocycles. The molecule has 1 fully saturated rings. The maximum atomic E-state index is 12.5. The van der Waals surface area contributed by atoms with Crippen LogP contribution in [0.15, 0.2) is 60.7 Å². The molecular formula is C22H24N4O4. The number of carbonyl (C=O) groups is 2. The van der Waals surface area contributed by atoms with E-state index in [0.29, 0.717) is 43.1 Å². The summed E-state index contributed by atoms with van der Waals surface area (Å²) < 4.78 is 0. The van der Waals surface area contributed by atoms with Crippen molar-refractivity contribution in [1.29, 1.82) is 0 Å². The molecule has 1 aromatic heterocycles. The normalized spacial score (nSPS) is 16.1. The Kier molecular flexibility index (Phi) is 7.45. The lowest BCUT2D eigenvalue weighted by Gasteiger charge is -2.36. The molecule has 3 rings (SSSR count). The number of aromatic nitrogens is 1. The van der Waals surface area contributed by atoms with Gasteiger partial charge in [0.05, 0.1) is 11.4 Å². The minimum absolute atomic E-state index is 0.00392. The smallest absolute Gasteiger partial charge is 0.267 e. The number of benzene rings is 1. The lowest BCUT2D eigenvalue weighted by Crippen LogP contribution is -2.51. The molecule has 156 valence electrons. The van der Waals surface area contributed by atoms with Crippen molar-refractivity contribution in [2.45, 2.75) is 6.23 Å². The van der Waals surface area contributed by atoms with Crippen LogP contribution in [0.4, 0.5) is 0 Å². The van der Waals surface area contributed by atoms with Gasteiger partial charge in [-0.25, -0.2) is 10.5 Å². The van der Waals surface area contributed by atoms with Crippen LogP contribution < -0.4 is 5.48 Å². The summed E-state index contributed by atoms with van der Waals surface area (Å²) in [6, 6.07) is 14.5. The predicted octanol–water partition coefficient (Wildman–Crippen LogP) is 1.39. The van der Waals surface area contributed by atoms with Gasteiger partial charge in [0, 0.05) is 37.8 Å². The van der Waals surface area contributed by atoms with Crippen LogP contribution in [0.25, 0.3) is 12.2 Å². The zero-order chi connectivity index (χ0) is 21.3. The fourth-order valence-electron chi connectivity index (χ4n) is 3.11. The predicted molar refractivity (Wildman–Crippen MR) is 112 cm³/mol. The SMILES string of the molecule is O=C(/C=C/c1cccc(/C=C/C(O)N2CCN(C(=O)c3ccccc3)CC2)n1)NO. The molecule has 2 amide bonds. The number of nitrogens with zero attached hydrogens (tertiary/aromatic N) is 3. The number of carbonyl (C=O) groups excluding carboxylic acids is 2. The molecule has 0 spiro atoms. The molecule has 3 N–H and O–H groups in total. The van der Waals surface area contributed by atoms with E-state index in [4.69, 9.17) is 5.21 Å². The van der Waals surface area contributed by atoms with Crippen molar-refractivity contribution >= 4 is 24.0 Å². The second-order valence-corrected chi connectivity index (χ2v) is 6.76. The lowest BCUT2D eigenvalue weighted by atomic mass is 10.2. The van der Waals surface area contributed by atoms with E-state index >= 15 is 0 Å². The van der Waals surface area contributed by atoms with E-state index < -0.39 is 12.1 Å². The second-order valence-electron chi connectivity index (χ2n) is 6.76. The average molecular weight is 408 g/mol. The third-order valence-corrected chi connectivity index (χ3v) is 4.74. The highest BCUT2D eigenvalue weighted by molar-refractivity contribution is 5.94. The van der Waals surface area contributed by atoms with E-state index in [1.54, 1.807) is 47.4 Å². The van der Waals surface area contributed by atoms with E-state index in [1.165, 1.54) is 17.6 Å². The van der Waals surface area contributed by atoms with Crippen molar-refractivity contribution in [2.75, 3.05) is 26.2 Å². The Labute approximate surface area is 174 Å². The first-order chi connectivity index (χ1) is 14.6. The first kappa shape index (κ1) is 21.4. The second kappa shape index (κ2) is 10.4. The van der Waals surface area contributed by atoms with Gasteiger partial charge in [0.2, 0.25) is 0 Å². The standard InChI is InChI=1S/C22H24N4O4/c27-20(24-30)11-9-18-7-4-8-19(23-18)10-12-21(28)25-13-15-26(16-14-25)22(29)17-5-2-1-3-6-17/h1-12,21,28,30H,13-16H2,(H,24,27)/b11-9+,12-10+. The number of hydroxylamine groups is 1. The van der Waals surface area contributed by atoms with Crippen LogP contribution in [-0.2, 0) is 4.79 Å². The number of aliphatic hydroxyl groups excluding tert-OH is 1. The first-order valence-corrected chi connectivity index (χ1v) is 9.60. The van der Waals surface area contributed by atoms with Crippen LogP contribution in [0.3, 0.4) is 0 Å². The fraction of sp³-hybridized carbons (Fsp3) is 0.227. The lowest BCUT2D eigenvalue weighted by molar-refractivity contribution is -0.124. The number of pyridine rings is 1. The Morgan fingerprint density at radius 3 is 2.30 bits per heavy atom. The first-order valence-electron chi connectivity index (χ1n) is 9.60. The Morgan fingerprint density at radius 1 is 0.967 bits per heavy atom. The molecule has 2 aromatic rings. The van der Waals surface area contributed by atoms with Gasteiger partial charge in [0.1, 0.15) is 6.23 Å². The number of rotatable bonds is 6. The van der Waals surface area contributed by atoms with Gasteiger partial charge in [-0.3, -0.25) is 19.7 Å². The summed E-state index contributed by atoms with van der Waals surface area (Å²) in [5.41, 5.74) is 3.35. The van der Waals surface area contributed by atoms with Gasteiger partial charge >= 0.3 is 0 Å². The van der Waals surface area contributed by atoms with Crippen molar-refractivity contribution in [3.63, 3.8) is 0 Å². The molecule has 8 heteroatoms. The number of hydrogen-bond acceptors (Lipinski definition) is 6. The number of nitrogens with one attached hydrogen (secondary N) is 1. The number of aliphatic hydroxyl groups is 1. The minimum atomic E-state index is -0.792. The molecule has 1 saturated heterocycles. The van der Waals surface area contributed by atoms with Gasteiger partial charge in [-0.15, -0.1) is 0 Å². The summed E-state index contributed by atoms with van der Waals surface area (Å²) in [4.78, 5) is 31.6. The van der Waals surface area contributed by atoms with Crippen molar-refractivity contribution in [2.24, 2.45) is 0 Å². The average Bonchev–Trinajstić information content (AvgIpc) is 2.81. The minimum Gasteiger partial charge on any atom is -0.375 e. The molecule has 0 saturated carbocycles. The molecule has 0 bridgehead atoms. The molecule has 2 heterocycles. The monoisotopic (exact) mass is 408 g/mol. The maximum Gasteiger partial charge on any atom is 0.267 e. The van der Waals surface area contributed by atoms with Crippen molar-refractivity contribution in [1.82, 2.24) is 20.3 Å². The van der Waals surface area contributed by atoms with Gasteiger partial charge in [-0.2, -0.15) is 0 Å². The molecule has 0 aliphatic carbocycles. The summed E-state index contributed by atoms with van der Waals surface area (Å²) in [5, 5.41) is 19.0. The van der Waals surface area contributed by atoms with Crippen molar-refractivity contribution in [3.05, 3.63) is 77.6 Å². The largest absolute Gasteiger partial charge is 0.375 e. The number of amides is 2. The summed E-state index contributed by atoms with van der Waals surface area (Å²) in [5.74, 6) is -0.637. The molecule has 1 aliphatic rings. The summed E-state index contributed by atoms with van der Waals surface area (Å²) >= 11 is 0. The topological polar surface area (TPSA) is 106 Å². The van der Waals surface area contributed by atoms with Gasteiger partial charge in [0.15, 0.2) is 0 Å². The molecule has 1 aliphatic heterocycles. The third-order valence-electron chi connectivity index (χ3n) is 4.74. The van der Waals surface area contributed by atoms with Crippen LogP contribution >= 0.6 is 0 Å². The Balaban J connectivity index is 1.54. The Bertz CT molecular complexity index is 922. The van der Waals surface area contributed by atoms with Crippen LogP contribution in [0.5, 0.6) is 0 Å². The highest BCUT2D eigenvalue weighted by Gasteiger charge is 2.24. The summed E-state index contributed by atoms with van der Waals surface area (Å²) in [6.45, 7) is 2.22. The van der Waals surface area contributed by atoms with Crippen molar-refractivity contribution in [3.8, 4) is 0 Å². The molecule has 1 unspecified atom stereocenters. The molecular weight excluding hydrogens is 384 g/mol. The van der Waals surface area contributed by atoms with Gasteiger partial charge in [0.25, 0.3) is 11.8 Å². The van der Waals surface area contributed by atoms with Gasteiger partial charge < -0.3 is 10.0 Å². The molecule has 1 atom stereocenters. The molecule has 30 heavy (non-hydrogen) atoms. The van der Waals surface area contributed by atoms with Crippen LogP contribution in [-0.4, -0.2) is 69.3 Å². The fourth-order valence-corrected chi connectivity index (χ4v) is 3.11. The van der Waals surface area contributed by atoms with Gasteiger partial charge in [-0.1, -0.05) is 24.3 Å². The highest BCUT2D eigenvalue weighted by Crippen LogP contribution is 2.12. The van der Waals surface area contributed by atoms with E-state index in [0.717, 1.165) is 0 Å². The zero-order valence-corrected chi connectivity index (χ0v) is 16.4. The van der Waals surface area contributed by atoms with E-state index in [9.17, 15) is 14.7 Å². The molecule has 0 radical (unpaired) electrons. The molecule has 8 nitrogen and oxygen atoms in total. The quantitative estimate of drug-likeness (QED) is 0.379. The third kappa shape index (κ3) is 5.84. The highest BCUT2D eigenvalue weighted by atomic mass is 16.5. The van der Waals surface area contributed by atoms with Crippen molar-refractivity contribution < 1.29 is 19.9 Å². The van der Waals surface area contributed by atoms with E-state index in [1.807, 2.05) is 23.1 Å². The van der Waals surface area contributed by atoms with Crippen LogP contribution in [0.2, 0.25) is 0 Å². The maximum absolute atomic E-state index is 12.5. The van der Waals surface area contributed by atoms with E-state index in [2.05, 4.69) is 4.98 Å². The van der Waals surface area contributed by atoms with Crippen LogP contribution in [0, 0.1) is 0 Å². The zero-order valence-electron chi connectivity index (χ0n) is 16.4.